The van der Waals surface area contributed by atoms with Crippen LogP contribution in [0.3, 0.4) is 0 Å². The lowest BCUT2D eigenvalue weighted by atomic mass is 9.88. The number of carbonyl (C=O) groups excluding carboxylic acids is 2. The van der Waals surface area contributed by atoms with Gasteiger partial charge in [0.25, 0.3) is 0 Å². The molecule has 1 aliphatic carbocycles. The molecule has 1 atom stereocenters. The van der Waals surface area contributed by atoms with Gasteiger partial charge < -0.3 is 20.9 Å². The predicted molar refractivity (Wildman–Crippen MR) is 111 cm³/mol. The fourth-order valence-corrected chi connectivity index (χ4v) is 3.96. The van der Waals surface area contributed by atoms with Crippen LogP contribution in [-0.2, 0) is 9.59 Å². The first-order valence-electron chi connectivity index (χ1n) is 10.3. The molecule has 3 N–H and O–H groups in total. The highest BCUT2D eigenvalue weighted by Gasteiger charge is 2.31. The Balaban J connectivity index is 1.41. The van der Waals surface area contributed by atoms with E-state index in [2.05, 4.69) is 20.9 Å². The smallest absolute Gasteiger partial charge is 0.243 e. The first-order chi connectivity index (χ1) is 13.7. The zero-order chi connectivity index (χ0) is 19.8. The third-order valence-electron chi connectivity index (χ3n) is 5.49. The Labute approximate surface area is 167 Å². The van der Waals surface area contributed by atoms with Gasteiger partial charge in [0.05, 0.1) is 6.54 Å². The van der Waals surface area contributed by atoms with Gasteiger partial charge in [-0.05, 0) is 31.4 Å². The second-order valence-corrected chi connectivity index (χ2v) is 7.59. The Hall–Kier alpha value is -2.57. The summed E-state index contributed by atoms with van der Waals surface area (Å²) in [5, 5.41) is 9.22. The molecule has 28 heavy (non-hydrogen) atoms. The third-order valence-corrected chi connectivity index (χ3v) is 5.49. The van der Waals surface area contributed by atoms with E-state index in [-0.39, 0.29) is 24.4 Å². The van der Waals surface area contributed by atoms with Crippen LogP contribution < -0.4 is 16.0 Å². The average Bonchev–Trinajstić information content (AvgIpc) is 3.20. The first-order valence-corrected chi connectivity index (χ1v) is 10.3. The number of anilines is 1. The standard InChI is InChI=1S/C21H31N5O2/c1-22-21(23-14-19(27)24-17-10-6-3-7-11-17)25-18-12-13-26(15-18)20(28)16-8-4-2-5-9-16/h3,6-7,10-11,16,18H,2,4-5,8-9,12-15H2,1H3,(H,24,27)(H2,22,23,25). The fourth-order valence-electron chi connectivity index (χ4n) is 3.96. The molecule has 0 radical (unpaired) electrons. The number of hydrogen-bond acceptors (Lipinski definition) is 3. The highest BCUT2D eigenvalue weighted by atomic mass is 16.2. The molecule has 7 nitrogen and oxygen atoms in total. The summed E-state index contributed by atoms with van der Waals surface area (Å²) in [5.74, 6) is 0.982. The summed E-state index contributed by atoms with van der Waals surface area (Å²) in [7, 11) is 1.68. The number of para-hydroxylation sites is 1. The predicted octanol–water partition coefficient (Wildman–Crippen LogP) is 1.97. The number of rotatable bonds is 5. The molecule has 1 saturated heterocycles. The van der Waals surface area contributed by atoms with E-state index in [4.69, 9.17) is 0 Å². The van der Waals surface area contributed by atoms with Crippen molar-refractivity contribution in [2.45, 2.75) is 44.6 Å². The third kappa shape index (κ3) is 5.71. The fraction of sp³-hybridized carbons (Fsp3) is 0.571. The van der Waals surface area contributed by atoms with Gasteiger partial charge >= 0.3 is 0 Å². The molecule has 0 bridgehead atoms. The molecular weight excluding hydrogens is 354 g/mol. The van der Waals surface area contributed by atoms with Crippen LogP contribution in [0.4, 0.5) is 5.69 Å². The second kappa shape index (κ2) is 10.1. The largest absolute Gasteiger partial charge is 0.352 e. The minimum atomic E-state index is -0.130. The van der Waals surface area contributed by atoms with E-state index in [0.29, 0.717) is 18.4 Å². The highest BCUT2D eigenvalue weighted by molar-refractivity contribution is 5.95. The molecule has 2 aliphatic rings. The molecule has 1 aromatic carbocycles. The van der Waals surface area contributed by atoms with Crippen LogP contribution in [0, 0.1) is 5.92 Å². The Kier molecular flexibility index (Phi) is 7.28. The molecular formula is C21H31N5O2. The Bertz CT molecular complexity index is 685. The SMILES string of the molecule is CN=C(NCC(=O)Nc1ccccc1)NC1CCN(C(=O)C2CCCCC2)C1. The van der Waals surface area contributed by atoms with Crippen LogP contribution in [0.1, 0.15) is 38.5 Å². The molecule has 0 aromatic heterocycles. The molecule has 2 amide bonds. The van der Waals surface area contributed by atoms with Gasteiger partial charge in [-0.3, -0.25) is 14.6 Å². The Morgan fingerprint density at radius 1 is 1.11 bits per heavy atom. The highest BCUT2D eigenvalue weighted by Crippen LogP contribution is 2.26. The molecule has 152 valence electrons. The molecule has 1 heterocycles. The van der Waals surface area contributed by atoms with Crippen molar-refractivity contribution in [3.63, 3.8) is 0 Å². The topological polar surface area (TPSA) is 85.8 Å². The molecule has 7 heteroatoms. The number of guanidine groups is 1. The van der Waals surface area contributed by atoms with Gasteiger partial charge in [-0.1, -0.05) is 37.5 Å². The molecule has 3 rings (SSSR count). The van der Waals surface area contributed by atoms with Gasteiger partial charge in [0.15, 0.2) is 5.96 Å². The van der Waals surface area contributed by atoms with E-state index in [1.54, 1.807) is 7.05 Å². The summed E-state index contributed by atoms with van der Waals surface area (Å²) in [5.41, 5.74) is 0.768. The molecule has 2 fully saturated rings. The summed E-state index contributed by atoms with van der Waals surface area (Å²) in [4.78, 5) is 31.0. The van der Waals surface area contributed by atoms with Crippen molar-refractivity contribution in [2.24, 2.45) is 10.9 Å². The van der Waals surface area contributed by atoms with Gasteiger partial charge in [0.2, 0.25) is 11.8 Å². The van der Waals surface area contributed by atoms with Crippen LogP contribution in [0.2, 0.25) is 0 Å². The van der Waals surface area contributed by atoms with Crippen molar-refractivity contribution >= 4 is 23.5 Å². The molecule has 0 spiro atoms. The summed E-state index contributed by atoms with van der Waals surface area (Å²) >= 11 is 0. The maximum absolute atomic E-state index is 12.7. The number of aliphatic imine (C=N–C) groups is 1. The van der Waals surface area contributed by atoms with Crippen LogP contribution in [0.15, 0.2) is 35.3 Å². The molecule has 1 aliphatic heterocycles. The lowest BCUT2D eigenvalue weighted by Crippen LogP contribution is -2.47. The van der Waals surface area contributed by atoms with Crippen LogP contribution >= 0.6 is 0 Å². The van der Waals surface area contributed by atoms with E-state index < -0.39 is 0 Å². The lowest BCUT2D eigenvalue weighted by molar-refractivity contribution is -0.135. The minimum Gasteiger partial charge on any atom is -0.352 e. The summed E-state index contributed by atoms with van der Waals surface area (Å²) in [6.45, 7) is 1.62. The zero-order valence-corrected chi connectivity index (χ0v) is 16.6. The van der Waals surface area contributed by atoms with Crippen molar-refractivity contribution < 1.29 is 9.59 Å². The number of benzene rings is 1. The number of amides is 2. The average molecular weight is 386 g/mol. The Morgan fingerprint density at radius 3 is 2.57 bits per heavy atom. The number of carbonyl (C=O) groups is 2. The lowest BCUT2D eigenvalue weighted by Gasteiger charge is -2.26. The zero-order valence-electron chi connectivity index (χ0n) is 16.6. The van der Waals surface area contributed by atoms with E-state index >= 15 is 0 Å². The van der Waals surface area contributed by atoms with E-state index in [0.717, 1.165) is 31.5 Å². The van der Waals surface area contributed by atoms with Crippen molar-refractivity contribution in [3.8, 4) is 0 Å². The monoisotopic (exact) mass is 385 g/mol. The van der Waals surface area contributed by atoms with Crippen LogP contribution in [-0.4, -0.2) is 55.4 Å². The van der Waals surface area contributed by atoms with Gasteiger partial charge in [-0.25, -0.2) is 0 Å². The minimum absolute atomic E-state index is 0.130. The number of nitrogens with one attached hydrogen (secondary N) is 3. The normalized spacial score (nSPS) is 20.7. The summed E-state index contributed by atoms with van der Waals surface area (Å²) < 4.78 is 0. The quantitative estimate of drug-likeness (QED) is 0.534. The van der Waals surface area contributed by atoms with Crippen molar-refractivity contribution in [1.29, 1.82) is 0 Å². The number of likely N-dealkylation sites (tertiary alicyclic amines) is 1. The van der Waals surface area contributed by atoms with Gasteiger partial charge in [-0.15, -0.1) is 0 Å². The summed E-state index contributed by atoms with van der Waals surface area (Å²) in [6.07, 6.45) is 6.57. The maximum atomic E-state index is 12.7. The maximum Gasteiger partial charge on any atom is 0.243 e. The first kappa shape index (κ1) is 20.2. The van der Waals surface area contributed by atoms with E-state index in [1.165, 1.54) is 19.3 Å². The number of nitrogens with zero attached hydrogens (tertiary/aromatic N) is 2. The van der Waals surface area contributed by atoms with Crippen LogP contribution in [0.5, 0.6) is 0 Å². The second-order valence-electron chi connectivity index (χ2n) is 7.59. The van der Waals surface area contributed by atoms with Crippen LogP contribution in [0.25, 0.3) is 0 Å². The molecule has 1 saturated carbocycles. The molecule has 1 aromatic rings. The van der Waals surface area contributed by atoms with Gasteiger partial charge in [-0.2, -0.15) is 0 Å². The Morgan fingerprint density at radius 2 is 1.86 bits per heavy atom. The number of hydrogen-bond donors (Lipinski definition) is 3. The van der Waals surface area contributed by atoms with Crippen molar-refractivity contribution in [3.05, 3.63) is 30.3 Å². The summed E-state index contributed by atoms with van der Waals surface area (Å²) in [6, 6.07) is 9.52. The van der Waals surface area contributed by atoms with Crippen molar-refractivity contribution in [2.75, 3.05) is 32.0 Å². The van der Waals surface area contributed by atoms with Gasteiger partial charge in [0, 0.05) is 37.8 Å². The van der Waals surface area contributed by atoms with E-state index in [9.17, 15) is 9.59 Å². The molecule has 1 unspecified atom stereocenters. The van der Waals surface area contributed by atoms with Crippen molar-refractivity contribution in [1.82, 2.24) is 15.5 Å². The van der Waals surface area contributed by atoms with Gasteiger partial charge in [0.1, 0.15) is 0 Å². The van der Waals surface area contributed by atoms with E-state index in [1.807, 2.05) is 35.2 Å².